The van der Waals surface area contributed by atoms with Gasteiger partial charge in [0.1, 0.15) is 5.82 Å². The summed E-state index contributed by atoms with van der Waals surface area (Å²) in [6.07, 6.45) is 0. The van der Waals surface area contributed by atoms with Crippen molar-refractivity contribution >= 4 is 22.6 Å². The first kappa shape index (κ1) is 13.1. The van der Waals surface area contributed by atoms with Gasteiger partial charge in [0.15, 0.2) is 0 Å². The minimum Gasteiger partial charge on any atom is -0.292 e. The first-order valence-corrected chi connectivity index (χ1v) is 7.49. The quantitative estimate of drug-likeness (QED) is 0.488. The molecule has 2 nitrogen and oxygen atoms in total. The molecule has 22 heavy (non-hydrogen) atoms. The Kier molecular flexibility index (Phi) is 3.17. The molecule has 0 N–H and O–H groups in total. The molecule has 0 spiro atoms. The summed E-state index contributed by atoms with van der Waals surface area (Å²) >= 11 is 6.02. The SMILES string of the molecule is Clc1ccc(-n2c(-c3ccccc3)nc3ccccc32)cc1. The molecule has 0 amide bonds. The molecule has 0 bridgehead atoms. The highest BCUT2D eigenvalue weighted by Crippen LogP contribution is 2.28. The van der Waals surface area contributed by atoms with Crippen molar-refractivity contribution in [3.8, 4) is 17.1 Å². The maximum Gasteiger partial charge on any atom is 0.145 e. The van der Waals surface area contributed by atoms with E-state index in [0.29, 0.717) is 0 Å². The molecule has 3 aromatic carbocycles. The summed E-state index contributed by atoms with van der Waals surface area (Å²) in [6.45, 7) is 0. The molecule has 4 rings (SSSR count). The lowest BCUT2D eigenvalue weighted by Crippen LogP contribution is -1.97. The highest BCUT2D eigenvalue weighted by molar-refractivity contribution is 6.30. The molecule has 0 fully saturated rings. The number of nitrogens with zero attached hydrogens (tertiary/aromatic N) is 2. The first-order valence-electron chi connectivity index (χ1n) is 7.12. The molecule has 0 aliphatic rings. The second-order valence-electron chi connectivity index (χ2n) is 5.10. The Morgan fingerprint density at radius 3 is 2.18 bits per heavy atom. The second kappa shape index (κ2) is 5.32. The maximum atomic E-state index is 6.02. The van der Waals surface area contributed by atoms with Crippen LogP contribution in [0.25, 0.3) is 28.1 Å². The fourth-order valence-corrected chi connectivity index (χ4v) is 2.78. The smallest absolute Gasteiger partial charge is 0.145 e. The fraction of sp³-hybridized carbons (Fsp3) is 0. The third kappa shape index (κ3) is 2.18. The Morgan fingerprint density at radius 2 is 1.41 bits per heavy atom. The van der Waals surface area contributed by atoms with E-state index in [-0.39, 0.29) is 0 Å². The molecule has 1 heterocycles. The fourth-order valence-electron chi connectivity index (χ4n) is 2.66. The van der Waals surface area contributed by atoms with Crippen molar-refractivity contribution in [2.75, 3.05) is 0 Å². The van der Waals surface area contributed by atoms with Crippen molar-refractivity contribution in [2.24, 2.45) is 0 Å². The van der Waals surface area contributed by atoms with Crippen LogP contribution in [0.2, 0.25) is 5.02 Å². The van der Waals surface area contributed by atoms with Crippen LogP contribution in [0.3, 0.4) is 0 Å². The number of rotatable bonds is 2. The van der Waals surface area contributed by atoms with Gasteiger partial charge >= 0.3 is 0 Å². The Labute approximate surface area is 133 Å². The summed E-state index contributed by atoms with van der Waals surface area (Å²) < 4.78 is 2.17. The molecule has 1 aromatic heterocycles. The van der Waals surface area contributed by atoms with Crippen LogP contribution in [-0.4, -0.2) is 9.55 Å². The van der Waals surface area contributed by atoms with Crippen LogP contribution in [0.15, 0.2) is 78.9 Å². The van der Waals surface area contributed by atoms with E-state index in [1.54, 1.807) is 0 Å². The van der Waals surface area contributed by atoms with Gasteiger partial charge in [-0.3, -0.25) is 4.57 Å². The average Bonchev–Trinajstić information content (AvgIpc) is 2.96. The zero-order valence-electron chi connectivity index (χ0n) is 11.8. The summed E-state index contributed by atoms with van der Waals surface area (Å²) in [4.78, 5) is 4.81. The van der Waals surface area contributed by atoms with Gasteiger partial charge in [-0.2, -0.15) is 0 Å². The Morgan fingerprint density at radius 1 is 0.727 bits per heavy atom. The normalized spacial score (nSPS) is 11.0. The molecule has 0 unspecified atom stereocenters. The highest BCUT2D eigenvalue weighted by Gasteiger charge is 2.13. The number of benzene rings is 3. The summed E-state index contributed by atoms with van der Waals surface area (Å²) in [5, 5.41) is 0.731. The van der Waals surface area contributed by atoms with Crippen molar-refractivity contribution < 1.29 is 0 Å². The molecule has 4 aromatic rings. The van der Waals surface area contributed by atoms with Gasteiger partial charge < -0.3 is 0 Å². The van der Waals surface area contributed by atoms with Crippen LogP contribution >= 0.6 is 11.6 Å². The third-order valence-electron chi connectivity index (χ3n) is 3.68. The van der Waals surface area contributed by atoms with Crippen molar-refractivity contribution in [1.29, 1.82) is 0 Å². The number of hydrogen-bond donors (Lipinski definition) is 0. The number of aromatic nitrogens is 2. The largest absolute Gasteiger partial charge is 0.292 e. The lowest BCUT2D eigenvalue weighted by molar-refractivity contribution is 1.10. The number of halogens is 1. The van der Waals surface area contributed by atoms with Crippen LogP contribution in [0.5, 0.6) is 0 Å². The van der Waals surface area contributed by atoms with Gasteiger partial charge in [0.25, 0.3) is 0 Å². The topological polar surface area (TPSA) is 17.8 Å². The van der Waals surface area contributed by atoms with E-state index in [1.165, 1.54) is 0 Å². The lowest BCUT2D eigenvalue weighted by Gasteiger charge is -2.09. The molecule has 0 radical (unpaired) electrons. The Balaban J connectivity index is 2.04. The van der Waals surface area contributed by atoms with E-state index in [1.807, 2.05) is 60.7 Å². The van der Waals surface area contributed by atoms with Crippen molar-refractivity contribution in [1.82, 2.24) is 9.55 Å². The van der Waals surface area contributed by atoms with Gasteiger partial charge in [-0.1, -0.05) is 54.1 Å². The summed E-state index contributed by atoms with van der Waals surface area (Å²) in [5.74, 6) is 0.934. The minimum absolute atomic E-state index is 0.731. The molecule has 0 saturated heterocycles. The lowest BCUT2D eigenvalue weighted by atomic mass is 10.2. The molecule has 0 atom stereocenters. The molecular formula is C19H13ClN2. The van der Waals surface area contributed by atoms with Crippen molar-refractivity contribution in [2.45, 2.75) is 0 Å². The number of hydrogen-bond acceptors (Lipinski definition) is 1. The second-order valence-corrected chi connectivity index (χ2v) is 5.54. The third-order valence-corrected chi connectivity index (χ3v) is 3.93. The molecular weight excluding hydrogens is 292 g/mol. The van der Waals surface area contributed by atoms with Gasteiger partial charge in [-0.25, -0.2) is 4.98 Å². The standard InChI is InChI=1S/C19H13ClN2/c20-15-10-12-16(13-11-15)22-18-9-5-4-8-17(18)21-19(22)14-6-2-1-3-7-14/h1-13H. The number of fused-ring (bicyclic) bond motifs is 1. The highest BCUT2D eigenvalue weighted by atomic mass is 35.5. The maximum absolute atomic E-state index is 6.02. The molecule has 0 aliphatic heterocycles. The van der Waals surface area contributed by atoms with Crippen LogP contribution < -0.4 is 0 Å². The van der Waals surface area contributed by atoms with Gasteiger partial charge in [0.05, 0.1) is 11.0 Å². The van der Waals surface area contributed by atoms with Gasteiger partial charge in [-0.15, -0.1) is 0 Å². The number of para-hydroxylation sites is 2. The minimum atomic E-state index is 0.731. The van der Waals surface area contributed by atoms with E-state index >= 15 is 0 Å². The average molecular weight is 305 g/mol. The van der Waals surface area contributed by atoms with Gasteiger partial charge in [-0.05, 0) is 36.4 Å². The van der Waals surface area contributed by atoms with Crippen molar-refractivity contribution in [3.63, 3.8) is 0 Å². The van der Waals surface area contributed by atoms with E-state index in [9.17, 15) is 0 Å². The van der Waals surface area contributed by atoms with Crippen LogP contribution in [0.1, 0.15) is 0 Å². The van der Waals surface area contributed by atoms with E-state index in [0.717, 1.165) is 33.1 Å². The van der Waals surface area contributed by atoms with Crippen LogP contribution in [0, 0.1) is 0 Å². The summed E-state index contributed by atoms with van der Waals surface area (Å²) in [5.41, 5.74) is 4.21. The zero-order valence-corrected chi connectivity index (χ0v) is 12.5. The van der Waals surface area contributed by atoms with Gasteiger partial charge in [0, 0.05) is 16.3 Å². The monoisotopic (exact) mass is 304 g/mol. The summed E-state index contributed by atoms with van der Waals surface area (Å²) in [6, 6.07) is 26.2. The van der Waals surface area contributed by atoms with Gasteiger partial charge in [0.2, 0.25) is 0 Å². The van der Waals surface area contributed by atoms with E-state index in [2.05, 4.69) is 22.8 Å². The molecule has 0 saturated carbocycles. The zero-order chi connectivity index (χ0) is 14.9. The molecule has 106 valence electrons. The Bertz CT molecular complexity index is 925. The number of imidazole rings is 1. The molecule has 3 heteroatoms. The van der Waals surface area contributed by atoms with E-state index in [4.69, 9.17) is 16.6 Å². The van der Waals surface area contributed by atoms with Crippen molar-refractivity contribution in [3.05, 3.63) is 83.9 Å². The predicted octanol–water partition coefficient (Wildman–Crippen LogP) is 5.35. The van der Waals surface area contributed by atoms with E-state index < -0.39 is 0 Å². The van der Waals surface area contributed by atoms with Crippen LogP contribution in [0.4, 0.5) is 0 Å². The predicted molar refractivity (Wildman–Crippen MR) is 91.5 cm³/mol. The first-order chi connectivity index (χ1) is 10.8. The Hall–Kier alpha value is -2.58. The summed E-state index contributed by atoms with van der Waals surface area (Å²) in [7, 11) is 0. The van der Waals surface area contributed by atoms with Crippen LogP contribution in [-0.2, 0) is 0 Å². The molecule has 0 aliphatic carbocycles.